The van der Waals surface area contributed by atoms with Crippen molar-refractivity contribution in [1.29, 1.82) is 0 Å². The summed E-state index contributed by atoms with van der Waals surface area (Å²) in [5, 5.41) is 12.2. The summed E-state index contributed by atoms with van der Waals surface area (Å²) in [4.78, 5) is 12.6. The molecule has 3 nitrogen and oxygen atoms in total. The Morgan fingerprint density at radius 2 is 2.32 bits per heavy atom. The normalized spacial score (nSPS) is 12.6. The highest BCUT2D eigenvalue weighted by atomic mass is 32.1. The highest BCUT2D eigenvalue weighted by molar-refractivity contribution is 7.20. The molecule has 1 heterocycles. The molecule has 0 spiro atoms. The van der Waals surface area contributed by atoms with Gasteiger partial charge in [-0.15, -0.1) is 11.3 Å². The lowest BCUT2D eigenvalue weighted by Gasteiger charge is -2.14. The molecule has 1 aromatic carbocycles. The molecule has 0 saturated carbocycles. The maximum atomic E-state index is 13.6. The lowest BCUT2D eigenvalue weighted by molar-refractivity contribution is 0.0933. The van der Waals surface area contributed by atoms with Crippen LogP contribution in [0.3, 0.4) is 0 Å². The predicted octanol–water partition coefficient (Wildman–Crippen LogP) is 2.93. The van der Waals surface area contributed by atoms with E-state index in [9.17, 15) is 9.18 Å². The van der Waals surface area contributed by atoms with E-state index in [1.165, 1.54) is 17.4 Å². The van der Waals surface area contributed by atoms with Gasteiger partial charge in [0.25, 0.3) is 5.91 Å². The fraction of sp³-hybridized carbons (Fsp3) is 0.357. The molecule has 2 rings (SSSR count). The van der Waals surface area contributed by atoms with E-state index >= 15 is 0 Å². The molecule has 0 saturated heterocycles. The maximum absolute atomic E-state index is 13.6. The Labute approximate surface area is 115 Å². The number of hydrogen-bond acceptors (Lipinski definition) is 3. The van der Waals surface area contributed by atoms with Crippen molar-refractivity contribution in [3.8, 4) is 0 Å². The Kier molecular flexibility index (Phi) is 4.50. The Hall–Kier alpha value is -1.46. The number of amides is 1. The van der Waals surface area contributed by atoms with Crippen LogP contribution in [0.4, 0.5) is 4.39 Å². The summed E-state index contributed by atoms with van der Waals surface area (Å²) >= 11 is 1.28. The highest BCUT2D eigenvalue weighted by Gasteiger charge is 2.15. The lowest BCUT2D eigenvalue weighted by atomic mass is 10.1. The van der Waals surface area contributed by atoms with Crippen molar-refractivity contribution in [1.82, 2.24) is 5.32 Å². The Morgan fingerprint density at radius 1 is 1.53 bits per heavy atom. The Morgan fingerprint density at radius 3 is 2.95 bits per heavy atom. The van der Waals surface area contributed by atoms with E-state index < -0.39 is 0 Å². The average Bonchev–Trinajstić information content (AvgIpc) is 2.83. The first-order valence-electron chi connectivity index (χ1n) is 6.25. The number of rotatable bonds is 5. The summed E-state index contributed by atoms with van der Waals surface area (Å²) in [5.74, 6) is -0.518. The molecule has 1 amide bonds. The number of thiophene rings is 1. The van der Waals surface area contributed by atoms with Gasteiger partial charge in [-0.25, -0.2) is 4.39 Å². The molecule has 5 heteroatoms. The Bertz CT molecular complexity index is 582. The molecule has 1 unspecified atom stereocenters. The van der Waals surface area contributed by atoms with Crippen molar-refractivity contribution in [3.05, 3.63) is 35.0 Å². The molecular formula is C14H16FNO2S. The van der Waals surface area contributed by atoms with Gasteiger partial charge in [0.05, 0.1) is 4.88 Å². The first kappa shape index (κ1) is 14.0. The fourth-order valence-electron chi connectivity index (χ4n) is 1.93. The number of hydrogen-bond donors (Lipinski definition) is 2. The van der Waals surface area contributed by atoms with Gasteiger partial charge in [-0.05, 0) is 31.0 Å². The van der Waals surface area contributed by atoms with E-state index in [0.717, 1.165) is 11.1 Å². The standard InChI is InChI=1S/C14H16FNO2S/c1-2-9(6-7-17)16-14(18)13-8-10-11(15)4-3-5-12(10)19-13/h3-5,8-9,17H,2,6-7H2,1H3,(H,16,18). The third kappa shape index (κ3) is 3.11. The molecule has 0 fully saturated rings. The van der Waals surface area contributed by atoms with Crippen molar-refractivity contribution in [3.63, 3.8) is 0 Å². The number of nitrogens with one attached hydrogen (secondary N) is 1. The van der Waals surface area contributed by atoms with Crippen LogP contribution in [0.5, 0.6) is 0 Å². The molecule has 0 aliphatic carbocycles. The van der Waals surface area contributed by atoms with Gasteiger partial charge in [-0.2, -0.15) is 0 Å². The molecule has 1 aromatic heterocycles. The van der Waals surface area contributed by atoms with Crippen LogP contribution < -0.4 is 5.32 Å². The van der Waals surface area contributed by atoms with E-state index in [1.807, 2.05) is 6.92 Å². The molecule has 0 bridgehead atoms. The molecule has 2 N–H and O–H groups in total. The zero-order valence-electron chi connectivity index (χ0n) is 10.6. The molecule has 102 valence electrons. The van der Waals surface area contributed by atoms with Gasteiger partial charge in [0.15, 0.2) is 0 Å². The van der Waals surface area contributed by atoms with E-state index in [0.29, 0.717) is 16.7 Å². The number of carbonyl (C=O) groups is 1. The zero-order valence-corrected chi connectivity index (χ0v) is 11.5. The first-order chi connectivity index (χ1) is 9.15. The van der Waals surface area contributed by atoms with Crippen LogP contribution in [0.15, 0.2) is 24.3 Å². The Balaban J connectivity index is 2.19. The quantitative estimate of drug-likeness (QED) is 0.885. The van der Waals surface area contributed by atoms with Crippen molar-refractivity contribution < 1.29 is 14.3 Å². The number of aliphatic hydroxyl groups is 1. The van der Waals surface area contributed by atoms with Crippen molar-refractivity contribution in [2.45, 2.75) is 25.8 Å². The summed E-state index contributed by atoms with van der Waals surface area (Å²) in [5.41, 5.74) is 0. The topological polar surface area (TPSA) is 49.3 Å². The van der Waals surface area contributed by atoms with Gasteiger partial charge in [0.1, 0.15) is 5.82 Å². The number of benzene rings is 1. The van der Waals surface area contributed by atoms with Gasteiger partial charge >= 0.3 is 0 Å². The summed E-state index contributed by atoms with van der Waals surface area (Å²) in [7, 11) is 0. The molecule has 2 aromatic rings. The van der Waals surface area contributed by atoms with Crippen LogP contribution in [-0.4, -0.2) is 23.7 Å². The number of halogens is 1. The van der Waals surface area contributed by atoms with Gasteiger partial charge in [0.2, 0.25) is 0 Å². The second kappa shape index (κ2) is 6.12. The van der Waals surface area contributed by atoms with Crippen molar-refractivity contribution >= 4 is 27.3 Å². The first-order valence-corrected chi connectivity index (χ1v) is 7.07. The minimum absolute atomic E-state index is 0.0415. The van der Waals surface area contributed by atoms with Crippen LogP contribution in [-0.2, 0) is 0 Å². The van der Waals surface area contributed by atoms with Gasteiger partial charge in [0, 0.05) is 22.7 Å². The number of fused-ring (bicyclic) bond motifs is 1. The minimum Gasteiger partial charge on any atom is -0.396 e. The average molecular weight is 281 g/mol. The van der Waals surface area contributed by atoms with Gasteiger partial charge in [-0.1, -0.05) is 13.0 Å². The number of carbonyl (C=O) groups excluding carboxylic acids is 1. The fourth-order valence-corrected chi connectivity index (χ4v) is 2.91. The van der Waals surface area contributed by atoms with Crippen LogP contribution in [0.2, 0.25) is 0 Å². The predicted molar refractivity (Wildman–Crippen MR) is 75.0 cm³/mol. The summed E-state index contributed by atoms with van der Waals surface area (Å²) in [6, 6.07) is 6.35. The second-order valence-electron chi connectivity index (χ2n) is 4.35. The van der Waals surface area contributed by atoms with Crippen LogP contribution in [0.1, 0.15) is 29.4 Å². The maximum Gasteiger partial charge on any atom is 0.261 e. The van der Waals surface area contributed by atoms with Gasteiger partial charge < -0.3 is 10.4 Å². The molecule has 19 heavy (non-hydrogen) atoms. The summed E-state index contributed by atoms with van der Waals surface area (Å²) < 4.78 is 14.3. The van der Waals surface area contributed by atoms with E-state index in [-0.39, 0.29) is 24.4 Å². The summed E-state index contributed by atoms with van der Waals surface area (Å²) in [6.45, 7) is 1.99. The molecule has 0 radical (unpaired) electrons. The van der Waals surface area contributed by atoms with Crippen LogP contribution in [0.25, 0.3) is 10.1 Å². The van der Waals surface area contributed by atoms with Crippen molar-refractivity contribution in [2.24, 2.45) is 0 Å². The SMILES string of the molecule is CCC(CCO)NC(=O)c1cc2c(F)cccc2s1. The molecule has 0 aliphatic heterocycles. The van der Waals surface area contributed by atoms with Gasteiger partial charge in [-0.3, -0.25) is 4.79 Å². The number of aliphatic hydroxyl groups excluding tert-OH is 1. The minimum atomic E-state index is -0.310. The lowest BCUT2D eigenvalue weighted by Crippen LogP contribution is -2.34. The third-order valence-corrected chi connectivity index (χ3v) is 4.14. The highest BCUT2D eigenvalue weighted by Crippen LogP contribution is 2.27. The molecular weight excluding hydrogens is 265 g/mol. The summed E-state index contributed by atoms with van der Waals surface area (Å²) in [6.07, 6.45) is 1.28. The largest absolute Gasteiger partial charge is 0.396 e. The van der Waals surface area contributed by atoms with E-state index in [2.05, 4.69) is 5.32 Å². The van der Waals surface area contributed by atoms with Crippen LogP contribution in [0, 0.1) is 5.82 Å². The second-order valence-corrected chi connectivity index (χ2v) is 5.44. The van der Waals surface area contributed by atoms with E-state index in [1.54, 1.807) is 18.2 Å². The monoisotopic (exact) mass is 281 g/mol. The van der Waals surface area contributed by atoms with Crippen LogP contribution >= 0.6 is 11.3 Å². The van der Waals surface area contributed by atoms with Crippen molar-refractivity contribution in [2.75, 3.05) is 6.61 Å². The zero-order chi connectivity index (χ0) is 13.8. The third-order valence-electron chi connectivity index (χ3n) is 3.04. The van der Waals surface area contributed by atoms with E-state index in [4.69, 9.17) is 5.11 Å². The molecule has 1 atom stereocenters. The molecule has 0 aliphatic rings. The smallest absolute Gasteiger partial charge is 0.261 e.